The number of aryl methyl sites for hydroxylation is 1. The van der Waals surface area contributed by atoms with Crippen LogP contribution in [0.25, 0.3) is 0 Å². The van der Waals surface area contributed by atoms with Gasteiger partial charge < -0.3 is 5.32 Å². The van der Waals surface area contributed by atoms with E-state index in [9.17, 15) is 9.18 Å². The second-order valence-electron chi connectivity index (χ2n) is 4.13. The number of halogens is 2. The molecular formula is C14H12ClFN2OS. The van der Waals surface area contributed by atoms with Crippen LogP contribution in [0.1, 0.15) is 5.56 Å². The maximum absolute atomic E-state index is 13.4. The molecule has 0 saturated heterocycles. The van der Waals surface area contributed by atoms with Gasteiger partial charge in [-0.2, -0.15) is 0 Å². The fourth-order valence-corrected chi connectivity index (χ4v) is 2.27. The number of amides is 1. The lowest BCUT2D eigenvalue weighted by Gasteiger charge is -2.06. The van der Waals surface area contributed by atoms with Crippen molar-refractivity contribution in [2.75, 3.05) is 11.1 Å². The Labute approximate surface area is 125 Å². The molecule has 2 aromatic rings. The van der Waals surface area contributed by atoms with E-state index in [1.807, 2.05) is 19.1 Å². The second-order valence-corrected chi connectivity index (χ2v) is 5.57. The number of nitrogens with one attached hydrogen (secondary N) is 1. The standard InChI is InChI=1S/C14H12ClFN2OS/c1-9-2-5-14(17-7-9)20-8-13(19)18-12-6-10(15)3-4-11(12)16/h2-7H,8H2,1H3,(H,18,19). The highest BCUT2D eigenvalue weighted by Gasteiger charge is 2.08. The molecule has 1 heterocycles. The van der Waals surface area contributed by atoms with E-state index in [2.05, 4.69) is 10.3 Å². The van der Waals surface area contributed by atoms with Gasteiger partial charge in [0.2, 0.25) is 5.91 Å². The number of carbonyl (C=O) groups is 1. The molecule has 0 aliphatic carbocycles. The average molecular weight is 311 g/mol. The molecule has 6 heteroatoms. The van der Waals surface area contributed by atoms with Gasteiger partial charge in [0.1, 0.15) is 5.82 Å². The maximum Gasteiger partial charge on any atom is 0.234 e. The Hall–Kier alpha value is -1.59. The van der Waals surface area contributed by atoms with Gasteiger partial charge in [0.05, 0.1) is 16.5 Å². The van der Waals surface area contributed by atoms with Crippen molar-refractivity contribution in [3.63, 3.8) is 0 Å². The summed E-state index contributed by atoms with van der Waals surface area (Å²) in [7, 11) is 0. The Bertz CT molecular complexity index is 619. The minimum Gasteiger partial charge on any atom is -0.323 e. The molecule has 104 valence electrons. The van der Waals surface area contributed by atoms with Crippen LogP contribution >= 0.6 is 23.4 Å². The van der Waals surface area contributed by atoms with Gasteiger partial charge in [0.15, 0.2) is 0 Å². The average Bonchev–Trinajstić information content (AvgIpc) is 2.42. The van der Waals surface area contributed by atoms with Gasteiger partial charge in [-0.05, 0) is 36.8 Å². The third-order valence-corrected chi connectivity index (χ3v) is 3.62. The monoisotopic (exact) mass is 310 g/mol. The van der Waals surface area contributed by atoms with Crippen LogP contribution < -0.4 is 5.32 Å². The zero-order valence-corrected chi connectivity index (χ0v) is 12.3. The van der Waals surface area contributed by atoms with Gasteiger partial charge in [0, 0.05) is 11.2 Å². The van der Waals surface area contributed by atoms with Gasteiger partial charge in [-0.25, -0.2) is 9.37 Å². The van der Waals surface area contributed by atoms with Gasteiger partial charge >= 0.3 is 0 Å². The highest BCUT2D eigenvalue weighted by Crippen LogP contribution is 2.20. The normalized spacial score (nSPS) is 10.3. The van der Waals surface area contributed by atoms with Crippen molar-refractivity contribution >= 4 is 35.0 Å². The van der Waals surface area contributed by atoms with E-state index in [4.69, 9.17) is 11.6 Å². The highest BCUT2D eigenvalue weighted by atomic mass is 35.5. The summed E-state index contributed by atoms with van der Waals surface area (Å²) in [4.78, 5) is 15.9. The molecule has 1 N–H and O–H groups in total. The summed E-state index contributed by atoms with van der Waals surface area (Å²) in [5, 5.41) is 3.60. The minimum absolute atomic E-state index is 0.0833. The fourth-order valence-electron chi connectivity index (χ4n) is 1.46. The topological polar surface area (TPSA) is 42.0 Å². The summed E-state index contributed by atoms with van der Waals surface area (Å²) in [6.07, 6.45) is 1.73. The highest BCUT2D eigenvalue weighted by molar-refractivity contribution is 7.99. The molecule has 0 fully saturated rings. The number of rotatable bonds is 4. The number of hydrogen-bond donors (Lipinski definition) is 1. The maximum atomic E-state index is 13.4. The van der Waals surface area contributed by atoms with E-state index in [-0.39, 0.29) is 17.3 Å². The van der Waals surface area contributed by atoms with Crippen LogP contribution in [0.2, 0.25) is 5.02 Å². The van der Waals surface area contributed by atoms with Crippen molar-refractivity contribution in [3.8, 4) is 0 Å². The first-order valence-electron chi connectivity index (χ1n) is 5.85. The zero-order valence-electron chi connectivity index (χ0n) is 10.7. The largest absolute Gasteiger partial charge is 0.323 e. The number of aromatic nitrogens is 1. The SMILES string of the molecule is Cc1ccc(SCC(=O)Nc2cc(Cl)ccc2F)nc1. The van der Waals surface area contributed by atoms with Crippen LogP contribution in [-0.4, -0.2) is 16.6 Å². The number of hydrogen-bond acceptors (Lipinski definition) is 3. The molecule has 0 atom stereocenters. The van der Waals surface area contributed by atoms with Crippen molar-refractivity contribution in [2.45, 2.75) is 11.9 Å². The molecule has 0 saturated carbocycles. The number of pyridine rings is 1. The molecule has 0 bridgehead atoms. The molecule has 0 aliphatic heterocycles. The molecular weight excluding hydrogens is 299 g/mol. The van der Waals surface area contributed by atoms with Crippen LogP contribution in [0, 0.1) is 12.7 Å². The summed E-state index contributed by atoms with van der Waals surface area (Å²) in [6.45, 7) is 1.94. The summed E-state index contributed by atoms with van der Waals surface area (Å²) >= 11 is 7.04. The van der Waals surface area contributed by atoms with E-state index in [1.165, 1.54) is 30.0 Å². The summed E-state index contributed by atoms with van der Waals surface area (Å²) < 4.78 is 13.4. The van der Waals surface area contributed by atoms with Gasteiger partial charge in [0.25, 0.3) is 0 Å². The third kappa shape index (κ3) is 4.21. The van der Waals surface area contributed by atoms with E-state index in [1.54, 1.807) is 6.20 Å². The minimum atomic E-state index is -0.513. The lowest BCUT2D eigenvalue weighted by atomic mass is 10.3. The van der Waals surface area contributed by atoms with E-state index < -0.39 is 5.82 Å². The number of anilines is 1. The second kappa shape index (κ2) is 6.72. The number of nitrogens with zero attached hydrogens (tertiary/aromatic N) is 1. The van der Waals surface area contributed by atoms with Crippen molar-refractivity contribution in [2.24, 2.45) is 0 Å². The smallest absolute Gasteiger partial charge is 0.234 e. The first-order chi connectivity index (χ1) is 9.54. The molecule has 3 nitrogen and oxygen atoms in total. The summed E-state index contributed by atoms with van der Waals surface area (Å²) in [5.41, 5.74) is 1.14. The summed E-state index contributed by atoms with van der Waals surface area (Å²) in [5.74, 6) is -0.665. The first kappa shape index (κ1) is 14.8. The van der Waals surface area contributed by atoms with E-state index in [0.717, 1.165) is 10.6 Å². The molecule has 0 spiro atoms. The predicted molar refractivity (Wildman–Crippen MR) is 79.7 cm³/mol. The molecule has 2 rings (SSSR count). The van der Waals surface area contributed by atoms with Crippen molar-refractivity contribution in [1.29, 1.82) is 0 Å². The molecule has 0 unspecified atom stereocenters. The molecule has 1 aromatic carbocycles. The van der Waals surface area contributed by atoms with Crippen molar-refractivity contribution in [1.82, 2.24) is 4.98 Å². The van der Waals surface area contributed by atoms with Gasteiger partial charge in [-0.15, -0.1) is 0 Å². The van der Waals surface area contributed by atoms with Gasteiger partial charge in [-0.3, -0.25) is 4.79 Å². The Kier molecular flexibility index (Phi) is 4.98. The number of benzene rings is 1. The Balaban J connectivity index is 1.92. The molecule has 0 radical (unpaired) electrons. The van der Waals surface area contributed by atoms with Crippen LogP contribution in [0.5, 0.6) is 0 Å². The van der Waals surface area contributed by atoms with E-state index in [0.29, 0.717) is 5.02 Å². The molecule has 1 aromatic heterocycles. The van der Waals surface area contributed by atoms with Crippen LogP contribution in [0.15, 0.2) is 41.6 Å². The third-order valence-electron chi connectivity index (χ3n) is 2.44. The number of thioether (sulfide) groups is 1. The Morgan fingerprint density at radius 3 is 2.90 bits per heavy atom. The molecule has 0 aliphatic rings. The van der Waals surface area contributed by atoms with Crippen LogP contribution in [-0.2, 0) is 4.79 Å². The van der Waals surface area contributed by atoms with Crippen LogP contribution in [0.4, 0.5) is 10.1 Å². The lowest BCUT2D eigenvalue weighted by molar-refractivity contribution is -0.113. The summed E-state index contributed by atoms with van der Waals surface area (Å²) in [6, 6.07) is 7.78. The van der Waals surface area contributed by atoms with Crippen LogP contribution in [0.3, 0.4) is 0 Å². The van der Waals surface area contributed by atoms with Crippen molar-refractivity contribution in [3.05, 3.63) is 52.9 Å². The first-order valence-corrected chi connectivity index (χ1v) is 7.21. The van der Waals surface area contributed by atoms with E-state index >= 15 is 0 Å². The predicted octanol–water partition coefficient (Wildman–Crippen LogP) is 3.91. The van der Waals surface area contributed by atoms with Crippen molar-refractivity contribution < 1.29 is 9.18 Å². The fraction of sp³-hybridized carbons (Fsp3) is 0.143. The molecule has 20 heavy (non-hydrogen) atoms. The zero-order chi connectivity index (χ0) is 14.5. The lowest BCUT2D eigenvalue weighted by Crippen LogP contribution is -2.15. The quantitative estimate of drug-likeness (QED) is 0.870. The Morgan fingerprint density at radius 1 is 1.40 bits per heavy atom. The number of carbonyl (C=O) groups excluding carboxylic acids is 1. The van der Waals surface area contributed by atoms with Gasteiger partial charge in [-0.1, -0.05) is 29.4 Å². The Morgan fingerprint density at radius 2 is 2.20 bits per heavy atom. The molecule has 1 amide bonds.